The SMILES string of the molecule is CCOC(=O)C1CCCc2c1sc1c2C[N+](=O)NC=C1c1ccccc1Cl. The molecule has 0 radical (unpaired) electrons. The molecule has 1 aliphatic carbocycles. The molecule has 1 aromatic carbocycles. The fourth-order valence-electron chi connectivity index (χ4n) is 3.81. The van der Waals surface area contributed by atoms with Crippen LogP contribution in [-0.2, 0) is 22.5 Å². The molecular weight excluding hydrogens is 384 g/mol. The Morgan fingerprint density at radius 3 is 2.96 bits per heavy atom. The number of rotatable bonds is 3. The van der Waals surface area contributed by atoms with Gasteiger partial charge in [-0.05, 0) is 37.8 Å². The number of nitrogens with one attached hydrogen (secondary N) is 1. The Morgan fingerprint density at radius 2 is 2.19 bits per heavy atom. The zero-order chi connectivity index (χ0) is 19.0. The zero-order valence-corrected chi connectivity index (χ0v) is 16.5. The maximum atomic E-state index is 12.5. The molecule has 1 aromatic heterocycles. The Labute approximate surface area is 166 Å². The van der Waals surface area contributed by atoms with Gasteiger partial charge in [0.15, 0.2) is 0 Å². The van der Waals surface area contributed by atoms with Crippen LogP contribution in [0.15, 0.2) is 30.5 Å². The quantitative estimate of drug-likeness (QED) is 0.602. The van der Waals surface area contributed by atoms with E-state index in [0.29, 0.717) is 11.6 Å². The van der Waals surface area contributed by atoms with Gasteiger partial charge in [-0.15, -0.1) is 16.8 Å². The van der Waals surface area contributed by atoms with Crippen LogP contribution in [0.5, 0.6) is 0 Å². The average Bonchev–Trinajstić information content (AvgIpc) is 2.93. The Balaban J connectivity index is 1.87. The van der Waals surface area contributed by atoms with E-state index in [1.165, 1.54) is 0 Å². The molecule has 0 fully saturated rings. The summed E-state index contributed by atoms with van der Waals surface area (Å²) < 4.78 is 5.29. The lowest BCUT2D eigenvalue weighted by atomic mass is 9.86. The van der Waals surface area contributed by atoms with Gasteiger partial charge in [-0.25, -0.2) is 0 Å². The van der Waals surface area contributed by atoms with Crippen LogP contribution < -0.4 is 5.43 Å². The summed E-state index contributed by atoms with van der Waals surface area (Å²) in [6, 6.07) is 7.60. The van der Waals surface area contributed by atoms with E-state index in [4.69, 9.17) is 16.3 Å². The third-order valence-corrected chi connectivity index (χ3v) is 6.77. The number of halogens is 1. The van der Waals surface area contributed by atoms with Crippen LogP contribution in [0.4, 0.5) is 0 Å². The summed E-state index contributed by atoms with van der Waals surface area (Å²) in [5.41, 5.74) is 6.66. The van der Waals surface area contributed by atoms with E-state index in [0.717, 1.165) is 56.1 Å². The smallest absolute Gasteiger partial charge is 0.314 e. The van der Waals surface area contributed by atoms with E-state index in [1.807, 2.05) is 31.2 Å². The zero-order valence-electron chi connectivity index (χ0n) is 15.0. The predicted molar refractivity (Wildman–Crippen MR) is 106 cm³/mol. The molecular formula is C20H20ClN2O3S+. The van der Waals surface area contributed by atoms with Crippen LogP contribution in [0, 0.1) is 4.91 Å². The molecule has 0 amide bonds. The summed E-state index contributed by atoms with van der Waals surface area (Å²) in [4.78, 5) is 27.6. The molecule has 0 spiro atoms. The second-order valence-electron chi connectivity index (χ2n) is 6.65. The summed E-state index contributed by atoms with van der Waals surface area (Å²) in [7, 11) is 0. The van der Waals surface area contributed by atoms with Crippen molar-refractivity contribution in [1.82, 2.24) is 5.43 Å². The van der Waals surface area contributed by atoms with E-state index < -0.39 is 0 Å². The van der Waals surface area contributed by atoms with E-state index in [9.17, 15) is 9.70 Å². The Kier molecular flexibility index (Phi) is 5.02. The van der Waals surface area contributed by atoms with Crippen molar-refractivity contribution in [1.29, 1.82) is 0 Å². The third-order valence-electron chi connectivity index (χ3n) is 5.02. The molecule has 1 unspecified atom stereocenters. The number of nitroso groups, excluding NO2 is 1. The Hall–Kier alpha value is -2.18. The number of carbonyl (C=O) groups excluding carboxylic acids is 1. The average molecular weight is 404 g/mol. The van der Waals surface area contributed by atoms with Crippen molar-refractivity contribution >= 4 is 34.5 Å². The highest BCUT2D eigenvalue weighted by Crippen LogP contribution is 2.46. The molecule has 4 rings (SSSR count). The van der Waals surface area contributed by atoms with Gasteiger partial charge in [0.25, 0.3) is 6.54 Å². The summed E-state index contributed by atoms with van der Waals surface area (Å²) in [5.74, 6) is -0.415. The Bertz CT molecular complexity index is 951. The van der Waals surface area contributed by atoms with Gasteiger partial charge in [0.2, 0.25) is 0 Å². The topological polar surface area (TPSA) is 58.4 Å². The highest BCUT2D eigenvalue weighted by Gasteiger charge is 2.36. The maximum Gasteiger partial charge on any atom is 0.314 e. The molecule has 140 valence electrons. The van der Waals surface area contributed by atoms with Crippen LogP contribution in [0.25, 0.3) is 5.57 Å². The van der Waals surface area contributed by atoms with Crippen molar-refractivity contribution < 1.29 is 14.4 Å². The number of esters is 1. The summed E-state index contributed by atoms with van der Waals surface area (Å²) in [6.45, 7) is 2.43. The molecule has 1 atom stereocenters. The standard InChI is InChI=1S/C20H20ClN2O3S/c1-2-26-20(24)14-8-5-7-13-16-11-23(25)22-10-15(19(16)27-18(13)14)12-6-3-4-9-17(12)21/h3-4,6,9-10,14H,2,5,7-8,11H2,1H3,(H,22,25)/q+1. The number of benzene rings is 1. The number of carbonyl (C=O) groups is 1. The maximum absolute atomic E-state index is 12.5. The highest BCUT2D eigenvalue weighted by atomic mass is 35.5. The van der Waals surface area contributed by atoms with Gasteiger partial charge in [0.1, 0.15) is 4.87 Å². The predicted octanol–water partition coefficient (Wildman–Crippen LogP) is 4.57. The van der Waals surface area contributed by atoms with Gasteiger partial charge in [-0.1, -0.05) is 29.8 Å². The molecule has 0 saturated carbocycles. The van der Waals surface area contributed by atoms with Gasteiger partial charge < -0.3 is 4.74 Å². The van der Waals surface area contributed by atoms with E-state index in [-0.39, 0.29) is 18.4 Å². The first-order chi connectivity index (χ1) is 13.1. The molecule has 27 heavy (non-hydrogen) atoms. The van der Waals surface area contributed by atoms with Crippen molar-refractivity contribution in [3.8, 4) is 0 Å². The molecule has 1 aliphatic heterocycles. The summed E-state index contributed by atoms with van der Waals surface area (Å²) >= 11 is 8.02. The number of hydrogen-bond donors (Lipinski definition) is 1. The minimum Gasteiger partial charge on any atom is -0.465 e. The fourth-order valence-corrected chi connectivity index (χ4v) is 5.56. The molecule has 2 aromatic rings. The van der Waals surface area contributed by atoms with Crippen LogP contribution in [0.3, 0.4) is 0 Å². The first-order valence-corrected chi connectivity index (χ1v) is 10.3. The number of hydrazine groups is 1. The number of hydrogen-bond acceptors (Lipinski definition) is 4. The monoisotopic (exact) mass is 403 g/mol. The van der Waals surface area contributed by atoms with Gasteiger partial charge >= 0.3 is 5.97 Å². The van der Waals surface area contributed by atoms with E-state index in [1.54, 1.807) is 17.5 Å². The normalized spacial score (nSPS) is 18.7. The first-order valence-electron chi connectivity index (χ1n) is 9.07. The summed E-state index contributed by atoms with van der Waals surface area (Å²) in [5, 5.41) is 0.629. The van der Waals surface area contributed by atoms with Crippen molar-refractivity contribution in [2.45, 2.75) is 38.6 Å². The van der Waals surface area contributed by atoms with Crippen molar-refractivity contribution in [2.24, 2.45) is 0 Å². The van der Waals surface area contributed by atoms with Crippen LogP contribution >= 0.6 is 22.9 Å². The Morgan fingerprint density at radius 1 is 1.37 bits per heavy atom. The molecule has 7 heteroatoms. The second kappa shape index (κ2) is 7.44. The van der Waals surface area contributed by atoms with Gasteiger partial charge in [-0.3, -0.25) is 4.79 Å². The fraction of sp³-hybridized carbons (Fsp3) is 0.350. The number of thiophene rings is 1. The number of fused-ring (bicyclic) bond motifs is 3. The summed E-state index contributed by atoms with van der Waals surface area (Å²) in [6.07, 6.45) is 4.29. The molecule has 0 saturated heterocycles. The first kappa shape index (κ1) is 18.2. The van der Waals surface area contributed by atoms with Crippen molar-refractivity contribution in [3.05, 3.63) is 66.8 Å². The van der Waals surface area contributed by atoms with Crippen LogP contribution in [-0.4, -0.2) is 17.4 Å². The second-order valence-corrected chi connectivity index (χ2v) is 8.11. The van der Waals surface area contributed by atoms with Gasteiger partial charge in [0, 0.05) is 31.5 Å². The lowest BCUT2D eigenvalue weighted by Gasteiger charge is -2.21. The molecule has 2 aliphatic rings. The van der Waals surface area contributed by atoms with Gasteiger partial charge in [0.05, 0.1) is 23.6 Å². The van der Waals surface area contributed by atoms with Crippen LogP contribution in [0.1, 0.15) is 52.1 Å². The third kappa shape index (κ3) is 3.28. The van der Waals surface area contributed by atoms with E-state index in [2.05, 4.69) is 5.43 Å². The van der Waals surface area contributed by atoms with Crippen molar-refractivity contribution in [2.75, 3.05) is 6.61 Å². The highest BCUT2D eigenvalue weighted by molar-refractivity contribution is 7.13. The minimum atomic E-state index is -0.244. The largest absolute Gasteiger partial charge is 0.465 e. The number of nitrogens with zero attached hydrogens (tertiary/aromatic N) is 1. The molecule has 2 heterocycles. The minimum absolute atomic E-state index is 0.171. The lowest BCUT2D eigenvalue weighted by Crippen LogP contribution is -2.22. The van der Waals surface area contributed by atoms with Gasteiger partial charge in [-0.2, -0.15) is 0 Å². The molecule has 5 nitrogen and oxygen atoms in total. The van der Waals surface area contributed by atoms with E-state index >= 15 is 0 Å². The lowest BCUT2D eigenvalue weighted by molar-refractivity contribution is -0.611. The molecule has 0 bridgehead atoms. The van der Waals surface area contributed by atoms with Crippen LogP contribution in [0.2, 0.25) is 5.02 Å². The van der Waals surface area contributed by atoms with Crippen molar-refractivity contribution in [3.63, 3.8) is 0 Å². The number of ether oxygens (including phenoxy) is 1. The molecule has 1 N–H and O–H groups in total.